The van der Waals surface area contributed by atoms with Gasteiger partial charge in [0.05, 0.1) is 17.2 Å². The molecule has 4 rings (SSSR count). The first-order valence-corrected chi connectivity index (χ1v) is 10.5. The van der Waals surface area contributed by atoms with Crippen LogP contribution in [-0.2, 0) is 17.9 Å². The van der Waals surface area contributed by atoms with Gasteiger partial charge in [-0.2, -0.15) is 0 Å². The van der Waals surface area contributed by atoms with E-state index in [2.05, 4.69) is 26.1 Å². The monoisotopic (exact) mass is 445 g/mol. The topological polar surface area (TPSA) is 123 Å². The molecule has 0 fully saturated rings. The molecule has 0 saturated carbocycles. The molecule has 0 atom stereocenters. The molecule has 168 valence electrons. The molecule has 0 spiro atoms. The molecule has 0 unspecified atom stereocenters. The predicted molar refractivity (Wildman–Crippen MR) is 125 cm³/mol. The minimum absolute atomic E-state index is 0.174. The maximum atomic E-state index is 12.7. The zero-order valence-electron chi connectivity index (χ0n) is 18.0. The van der Waals surface area contributed by atoms with E-state index in [-0.39, 0.29) is 23.8 Å². The van der Waals surface area contributed by atoms with Crippen LogP contribution in [0.5, 0.6) is 0 Å². The summed E-state index contributed by atoms with van der Waals surface area (Å²) in [4.78, 5) is 46.0. The first-order valence-electron chi connectivity index (χ1n) is 10.5. The van der Waals surface area contributed by atoms with Crippen molar-refractivity contribution < 1.29 is 9.59 Å². The van der Waals surface area contributed by atoms with Crippen LogP contribution in [0.2, 0.25) is 0 Å². The number of amides is 2. The second-order valence-electron chi connectivity index (χ2n) is 7.26. The Hall–Kier alpha value is -4.47. The van der Waals surface area contributed by atoms with Gasteiger partial charge in [-0.1, -0.05) is 18.2 Å². The summed E-state index contributed by atoms with van der Waals surface area (Å²) in [5, 5.41) is 3.30. The number of carbonyl (C=O) groups is 2. The number of aromatic nitrogens is 4. The van der Waals surface area contributed by atoms with Crippen molar-refractivity contribution in [3.63, 3.8) is 0 Å². The number of fused-ring (bicyclic) bond motifs is 1. The third kappa shape index (κ3) is 5.06. The van der Waals surface area contributed by atoms with Gasteiger partial charge in [0.15, 0.2) is 0 Å². The highest BCUT2D eigenvalue weighted by Gasteiger charge is 2.12. The van der Waals surface area contributed by atoms with Crippen LogP contribution < -0.4 is 21.7 Å². The van der Waals surface area contributed by atoms with E-state index in [0.29, 0.717) is 35.2 Å². The van der Waals surface area contributed by atoms with Gasteiger partial charge in [0, 0.05) is 43.2 Å². The van der Waals surface area contributed by atoms with Gasteiger partial charge in [-0.15, -0.1) is 0 Å². The van der Waals surface area contributed by atoms with Crippen LogP contribution >= 0.6 is 0 Å². The van der Waals surface area contributed by atoms with Crippen LogP contribution in [0.1, 0.15) is 23.7 Å². The van der Waals surface area contributed by atoms with E-state index in [9.17, 15) is 14.4 Å². The number of para-hydroxylation sites is 1. The molecule has 2 amide bonds. The van der Waals surface area contributed by atoms with Gasteiger partial charge < -0.3 is 9.88 Å². The summed E-state index contributed by atoms with van der Waals surface area (Å²) in [5.41, 5.74) is 6.50. The fraction of sp³-hybridized carbons (Fsp3) is 0.174. The third-order valence-corrected chi connectivity index (χ3v) is 5.03. The lowest BCUT2D eigenvalue weighted by Crippen LogP contribution is -2.34. The highest BCUT2D eigenvalue weighted by atomic mass is 16.2. The zero-order valence-corrected chi connectivity index (χ0v) is 18.0. The van der Waals surface area contributed by atoms with Gasteiger partial charge >= 0.3 is 0 Å². The number of imidazole rings is 1. The highest BCUT2D eigenvalue weighted by molar-refractivity contribution is 5.97. The molecule has 0 aliphatic carbocycles. The van der Waals surface area contributed by atoms with E-state index in [1.165, 1.54) is 4.57 Å². The summed E-state index contributed by atoms with van der Waals surface area (Å²) in [6.07, 6.45) is 5.36. The molecule has 0 bridgehead atoms. The van der Waals surface area contributed by atoms with Crippen molar-refractivity contribution in [1.29, 1.82) is 0 Å². The lowest BCUT2D eigenvalue weighted by molar-refractivity contribution is -0.116. The summed E-state index contributed by atoms with van der Waals surface area (Å²) in [7, 11) is 0. The number of aryl methyl sites for hydroxylation is 1. The number of hydrazine groups is 1. The minimum Gasteiger partial charge on any atom is -0.337 e. The Morgan fingerprint density at radius 2 is 1.94 bits per heavy atom. The molecule has 4 aromatic rings. The van der Waals surface area contributed by atoms with Crippen molar-refractivity contribution in [2.45, 2.75) is 26.4 Å². The molecule has 10 nitrogen and oxygen atoms in total. The molecule has 33 heavy (non-hydrogen) atoms. The summed E-state index contributed by atoms with van der Waals surface area (Å²) >= 11 is 0. The van der Waals surface area contributed by atoms with Gasteiger partial charge in [0.1, 0.15) is 0 Å². The summed E-state index contributed by atoms with van der Waals surface area (Å²) in [6.45, 7) is 2.72. The van der Waals surface area contributed by atoms with Crippen LogP contribution in [0.3, 0.4) is 0 Å². The maximum absolute atomic E-state index is 12.7. The van der Waals surface area contributed by atoms with Crippen molar-refractivity contribution >= 4 is 34.4 Å². The van der Waals surface area contributed by atoms with E-state index in [0.717, 1.165) is 0 Å². The van der Waals surface area contributed by atoms with Gasteiger partial charge in [-0.3, -0.25) is 29.8 Å². The minimum atomic E-state index is -0.436. The molecule has 0 radical (unpaired) electrons. The Kier molecular flexibility index (Phi) is 6.44. The van der Waals surface area contributed by atoms with Crippen molar-refractivity contribution in [3.05, 3.63) is 83.2 Å². The predicted octanol–water partition coefficient (Wildman–Crippen LogP) is 2.40. The quantitative estimate of drug-likeness (QED) is 0.358. The van der Waals surface area contributed by atoms with Crippen LogP contribution in [0.4, 0.5) is 11.6 Å². The average Bonchev–Trinajstić information content (AvgIpc) is 3.35. The van der Waals surface area contributed by atoms with E-state index >= 15 is 0 Å². The number of hydrogen-bond acceptors (Lipinski definition) is 6. The number of benzene rings is 2. The lowest BCUT2D eigenvalue weighted by atomic mass is 10.2. The smallest absolute Gasteiger partial charge is 0.269 e. The Bertz CT molecular complexity index is 1350. The Morgan fingerprint density at radius 3 is 2.73 bits per heavy atom. The van der Waals surface area contributed by atoms with Crippen LogP contribution in [0.25, 0.3) is 10.9 Å². The Labute approximate surface area is 189 Å². The number of nitrogens with zero attached hydrogens (tertiary/aromatic N) is 4. The van der Waals surface area contributed by atoms with Crippen LogP contribution in [-0.4, -0.2) is 30.9 Å². The molecule has 0 aliphatic rings. The van der Waals surface area contributed by atoms with Crippen LogP contribution in [0.15, 0.2) is 72.0 Å². The first kappa shape index (κ1) is 21.8. The number of rotatable bonds is 8. The maximum Gasteiger partial charge on any atom is 0.269 e. The molecule has 2 heterocycles. The van der Waals surface area contributed by atoms with Crippen molar-refractivity contribution in [1.82, 2.24) is 24.5 Å². The third-order valence-electron chi connectivity index (χ3n) is 5.03. The number of anilines is 2. The molecular weight excluding hydrogens is 422 g/mol. The van der Waals surface area contributed by atoms with Crippen molar-refractivity contribution in [3.8, 4) is 0 Å². The van der Waals surface area contributed by atoms with Gasteiger partial charge in [0.2, 0.25) is 11.9 Å². The first-order chi connectivity index (χ1) is 16.0. The molecule has 0 aliphatic heterocycles. The summed E-state index contributed by atoms with van der Waals surface area (Å²) in [5.74, 6) is -0.375. The van der Waals surface area contributed by atoms with E-state index in [1.54, 1.807) is 67.3 Å². The summed E-state index contributed by atoms with van der Waals surface area (Å²) < 4.78 is 3.26. The number of hydrogen-bond donors (Lipinski definition) is 3. The van der Waals surface area contributed by atoms with Gasteiger partial charge in [-0.05, 0) is 37.3 Å². The van der Waals surface area contributed by atoms with Gasteiger partial charge in [-0.25, -0.2) is 9.97 Å². The Balaban J connectivity index is 1.42. The molecule has 2 aromatic carbocycles. The Morgan fingerprint density at radius 1 is 1.09 bits per heavy atom. The van der Waals surface area contributed by atoms with Crippen molar-refractivity contribution in [2.24, 2.45) is 0 Å². The second-order valence-corrected chi connectivity index (χ2v) is 7.26. The fourth-order valence-corrected chi connectivity index (χ4v) is 3.35. The number of nitrogens with one attached hydrogen (secondary N) is 3. The zero-order chi connectivity index (χ0) is 23.2. The van der Waals surface area contributed by atoms with E-state index in [4.69, 9.17) is 0 Å². The molecule has 3 N–H and O–H groups in total. The summed E-state index contributed by atoms with van der Waals surface area (Å²) in [6, 6.07) is 13.6. The average molecular weight is 445 g/mol. The SMILES string of the molecule is CCn1c(NNC(=O)c2cccc(NC(=O)CCn3ccnc3)c2)nc2ccccc2c1=O. The second kappa shape index (κ2) is 9.77. The molecular formula is C23H23N7O3. The highest BCUT2D eigenvalue weighted by Crippen LogP contribution is 2.13. The molecule has 2 aromatic heterocycles. The van der Waals surface area contributed by atoms with E-state index < -0.39 is 5.91 Å². The lowest BCUT2D eigenvalue weighted by Gasteiger charge is -2.14. The largest absolute Gasteiger partial charge is 0.337 e. The normalized spacial score (nSPS) is 10.7. The fourth-order valence-electron chi connectivity index (χ4n) is 3.35. The van der Waals surface area contributed by atoms with E-state index in [1.807, 2.05) is 11.5 Å². The van der Waals surface area contributed by atoms with Crippen molar-refractivity contribution in [2.75, 3.05) is 10.7 Å². The number of carbonyl (C=O) groups excluding carboxylic acids is 2. The molecule has 10 heteroatoms. The molecule has 0 saturated heterocycles. The van der Waals surface area contributed by atoms with Gasteiger partial charge in [0.25, 0.3) is 11.5 Å². The van der Waals surface area contributed by atoms with Crippen LogP contribution in [0, 0.1) is 0 Å². The standard InChI is InChI=1S/C23H23N7O3/c1-2-30-22(33)18-8-3-4-9-19(18)26-23(30)28-27-21(32)16-6-5-7-17(14-16)25-20(31)10-12-29-13-11-24-15-29/h3-9,11,13-15H,2,10,12H2,1H3,(H,25,31)(H,26,28)(H,27,32).